The summed E-state index contributed by atoms with van der Waals surface area (Å²) in [7, 11) is 1.61. The Morgan fingerprint density at radius 2 is 1.90 bits per heavy atom. The first-order chi connectivity index (χ1) is 9.78. The fraction of sp³-hybridized carbons (Fsp3) is 0.125. The quantitative estimate of drug-likeness (QED) is 0.697. The SMILES string of the molecule is COc1ccccc1OCc1csc2ccc(F)cc12. The van der Waals surface area contributed by atoms with Crippen LogP contribution in [0.4, 0.5) is 4.39 Å². The van der Waals surface area contributed by atoms with Crippen LogP contribution in [0.1, 0.15) is 5.56 Å². The zero-order valence-corrected chi connectivity index (χ0v) is 11.7. The van der Waals surface area contributed by atoms with Crippen LogP contribution < -0.4 is 9.47 Å². The van der Waals surface area contributed by atoms with Gasteiger partial charge in [-0.15, -0.1) is 11.3 Å². The summed E-state index contributed by atoms with van der Waals surface area (Å²) in [5, 5.41) is 2.91. The van der Waals surface area contributed by atoms with Gasteiger partial charge in [0, 0.05) is 15.6 Å². The first-order valence-electron chi connectivity index (χ1n) is 6.19. The van der Waals surface area contributed by atoms with Crippen molar-refractivity contribution in [1.82, 2.24) is 0 Å². The number of thiophene rings is 1. The highest BCUT2D eigenvalue weighted by atomic mass is 32.1. The molecule has 2 aromatic carbocycles. The van der Waals surface area contributed by atoms with E-state index >= 15 is 0 Å². The lowest BCUT2D eigenvalue weighted by Crippen LogP contribution is -1.96. The molecule has 0 unspecified atom stereocenters. The maximum atomic E-state index is 13.3. The molecule has 102 valence electrons. The van der Waals surface area contributed by atoms with Crippen LogP contribution in [0.25, 0.3) is 10.1 Å². The fourth-order valence-corrected chi connectivity index (χ4v) is 2.99. The summed E-state index contributed by atoms with van der Waals surface area (Å²) in [5.74, 6) is 1.15. The Morgan fingerprint density at radius 1 is 1.10 bits per heavy atom. The molecule has 4 heteroatoms. The highest BCUT2D eigenvalue weighted by Crippen LogP contribution is 2.30. The Kier molecular flexibility index (Phi) is 3.56. The maximum Gasteiger partial charge on any atom is 0.161 e. The lowest BCUT2D eigenvalue weighted by atomic mass is 10.2. The van der Waals surface area contributed by atoms with E-state index in [1.54, 1.807) is 30.6 Å². The minimum Gasteiger partial charge on any atom is -0.493 e. The topological polar surface area (TPSA) is 18.5 Å². The van der Waals surface area contributed by atoms with Gasteiger partial charge in [0.2, 0.25) is 0 Å². The number of halogens is 1. The zero-order chi connectivity index (χ0) is 13.9. The van der Waals surface area contributed by atoms with Crippen molar-refractivity contribution in [3.8, 4) is 11.5 Å². The highest BCUT2D eigenvalue weighted by Gasteiger charge is 2.08. The number of benzene rings is 2. The van der Waals surface area contributed by atoms with Crippen LogP contribution in [0.5, 0.6) is 11.5 Å². The Balaban J connectivity index is 1.85. The molecule has 0 saturated carbocycles. The maximum absolute atomic E-state index is 13.3. The summed E-state index contributed by atoms with van der Waals surface area (Å²) in [5.41, 5.74) is 0.982. The van der Waals surface area contributed by atoms with Gasteiger partial charge in [0.25, 0.3) is 0 Å². The lowest BCUT2D eigenvalue weighted by Gasteiger charge is -2.09. The van der Waals surface area contributed by atoms with Crippen LogP contribution in [-0.2, 0) is 6.61 Å². The molecule has 0 radical (unpaired) electrons. The van der Waals surface area contributed by atoms with Crippen LogP contribution in [0, 0.1) is 5.82 Å². The minimum absolute atomic E-state index is 0.227. The van der Waals surface area contributed by atoms with Gasteiger partial charge in [-0.3, -0.25) is 0 Å². The number of hydrogen-bond donors (Lipinski definition) is 0. The summed E-state index contributed by atoms with van der Waals surface area (Å²) in [6.45, 7) is 0.393. The second-order valence-electron chi connectivity index (χ2n) is 4.34. The summed E-state index contributed by atoms with van der Waals surface area (Å²) < 4.78 is 25.4. The Bertz CT molecular complexity index is 736. The molecule has 3 aromatic rings. The van der Waals surface area contributed by atoms with Gasteiger partial charge >= 0.3 is 0 Å². The van der Waals surface area contributed by atoms with E-state index in [0.29, 0.717) is 18.1 Å². The Morgan fingerprint density at radius 3 is 2.70 bits per heavy atom. The molecule has 20 heavy (non-hydrogen) atoms. The third-order valence-corrected chi connectivity index (χ3v) is 4.08. The number of fused-ring (bicyclic) bond motifs is 1. The van der Waals surface area contributed by atoms with Crippen molar-refractivity contribution in [2.75, 3.05) is 7.11 Å². The monoisotopic (exact) mass is 288 g/mol. The average Bonchev–Trinajstić information content (AvgIpc) is 2.87. The second kappa shape index (κ2) is 5.51. The number of para-hydroxylation sites is 2. The van der Waals surface area contributed by atoms with Gasteiger partial charge in [-0.1, -0.05) is 12.1 Å². The molecule has 2 nitrogen and oxygen atoms in total. The van der Waals surface area contributed by atoms with Gasteiger partial charge in [-0.05, 0) is 35.7 Å². The number of hydrogen-bond acceptors (Lipinski definition) is 3. The molecule has 0 spiro atoms. The van der Waals surface area contributed by atoms with E-state index < -0.39 is 0 Å². The van der Waals surface area contributed by atoms with Crippen molar-refractivity contribution in [3.05, 3.63) is 59.2 Å². The van der Waals surface area contributed by atoms with Crippen LogP contribution >= 0.6 is 11.3 Å². The van der Waals surface area contributed by atoms with Crippen molar-refractivity contribution in [3.63, 3.8) is 0 Å². The molecule has 0 bridgehead atoms. The van der Waals surface area contributed by atoms with Crippen molar-refractivity contribution < 1.29 is 13.9 Å². The van der Waals surface area contributed by atoms with Gasteiger partial charge in [-0.25, -0.2) is 4.39 Å². The molecule has 0 fully saturated rings. The van der Waals surface area contributed by atoms with Gasteiger partial charge < -0.3 is 9.47 Å². The average molecular weight is 288 g/mol. The second-order valence-corrected chi connectivity index (χ2v) is 5.25. The fourth-order valence-electron chi connectivity index (χ4n) is 2.06. The Labute approximate surface area is 120 Å². The molecule has 3 rings (SSSR count). The normalized spacial score (nSPS) is 10.7. The van der Waals surface area contributed by atoms with Gasteiger partial charge in [-0.2, -0.15) is 0 Å². The van der Waals surface area contributed by atoms with E-state index in [1.165, 1.54) is 6.07 Å². The summed E-state index contributed by atoms with van der Waals surface area (Å²) in [6, 6.07) is 12.3. The molecular formula is C16H13FO2S. The molecule has 0 aliphatic heterocycles. The highest BCUT2D eigenvalue weighted by molar-refractivity contribution is 7.17. The van der Waals surface area contributed by atoms with E-state index in [2.05, 4.69) is 0 Å². The van der Waals surface area contributed by atoms with Crippen molar-refractivity contribution >= 4 is 21.4 Å². The molecule has 0 saturated heterocycles. The van der Waals surface area contributed by atoms with Gasteiger partial charge in [0.15, 0.2) is 11.5 Å². The van der Waals surface area contributed by atoms with Gasteiger partial charge in [0.05, 0.1) is 7.11 Å². The van der Waals surface area contributed by atoms with Gasteiger partial charge in [0.1, 0.15) is 12.4 Å². The number of rotatable bonds is 4. The molecule has 1 heterocycles. The van der Waals surface area contributed by atoms with E-state index in [9.17, 15) is 4.39 Å². The van der Waals surface area contributed by atoms with Crippen LogP contribution in [-0.4, -0.2) is 7.11 Å². The first-order valence-corrected chi connectivity index (χ1v) is 7.07. The largest absolute Gasteiger partial charge is 0.493 e. The van der Waals surface area contributed by atoms with Crippen molar-refractivity contribution in [2.24, 2.45) is 0 Å². The molecule has 0 atom stereocenters. The first kappa shape index (κ1) is 12.9. The predicted molar refractivity (Wildman–Crippen MR) is 79.1 cm³/mol. The number of ether oxygens (including phenoxy) is 2. The standard InChI is InChI=1S/C16H13FO2S/c1-18-14-4-2-3-5-15(14)19-9-11-10-20-16-7-6-12(17)8-13(11)16/h2-8,10H,9H2,1H3. The smallest absolute Gasteiger partial charge is 0.161 e. The lowest BCUT2D eigenvalue weighted by molar-refractivity contribution is 0.286. The third-order valence-electron chi connectivity index (χ3n) is 3.07. The molecule has 1 aromatic heterocycles. The zero-order valence-electron chi connectivity index (χ0n) is 10.9. The van der Waals surface area contributed by atoms with E-state index in [1.807, 2.05) is 29.6 Å². The van der Waals surface area contributed by atoms with Crippen LogP contribution in [0.15, 0.2) is 47.8 Å². The minimum atomic E-state index is -0.227. The van der Waals surface area contributed by atoms with Crippen LogP contribution in [0.3, 0.4) is 0 Å². The molecule has 0 aliphatic carbocycles. The summed E-state index contributed by atoms with van der Waals surface area (Å²) in [4.78, 5) is 0. The van der Waals surface area contributed by atoms with Crippen LogP contribution in [0.2, 0.25) is 0 Å². The molecule has 0 aliphatic rings. The third kappa shape index (κ3) is 2.47. The molecular weight excluding hydrogens is 275 g/mol. The predicted octanol–water partition coefficient (Wildman–Crippen LogP) is 4.63. The van der Waals surface area contributed by atoms with E-state index in [4.69, 9.17) is 9.47 Å². The van der Waals surface area contributed by atoms with E-state index in [0.717, 1.165) is 15.6 Å². The number of methoxy groups -OCH3 is 1. The molecule has 0 N–H and O–H groups in total. The van der Waals surface area contributed by atoms with Crippen molar-refractivity contribution in [2.45, 2.75) is 6.61 Å². The summed E-state index contributed by atoms with van der Waals surface area (Å²) in [6.07, 6.45) is 0. The Hall–Kier alpha value is -2.07. The summed E-state index contributed by atoms with van der Waals surface area (Å²) >= 11 is 1.59. The van der Waals surface area contributed by atoms with E-state index in [-0.39, 0.29) is 5.82 Å². The molecule has 0 amide bonds. The van der Waals surface area contributed by atoms with Crippen molar-refractivity contribution in [1.29, 1.82) is 0 Å².